The first-order valence-electron chi connectivity index (χ1n) is 4.74. The lowest BCUT2D eigenvalue weighted by molar-refractivity contribution is 0.906. The predicted octanol–water partition coefficient (Wildman–Crippen LogP) is 4.12. The second kappa shape index (κ2) is 4.30. The molecule has 78 valence electrons. The van der Waals surface area contributed by atoms with Crippen molar-refractivity contribution in [3.8, 4) is 0 Å². The van der Waals surface area contributed by atoms with Crippen LogP contribution in [-0.2, 0) is 0 Å². The van der Waals surface area contributed by atoms with E-state index in [4.69, 9.17) is 23.2 Å². The van der Waals surface area contributed by atoms with E-state index in [0.29, 0.717) is 6.42 Å². The zero-order chi connectivity index (χ0) is 10.7. The summed E-state index contributed by atoms with van der Waals surface area (Å²) in [7, 11) is 0. The minimum absolute atomic E-state index is 0.599. The molecule has 2 rings (SSSR count). The lowest BCUT2D eigenvalue weighted by Crippen LogP contribution is -2.16. The molecule has 0 atom stereocenters. The highest BCUT2D eigenvalue weighted by Crippen LogP contribution is 2.33. The van der Waals surface area contributed by atoms with Crippen molar-refractivity contribution >= 4 is 28.9 Å². The zero-order valence-electron chi connectivity index (χ0n) is 8.08. The number of rotatable bonds is 2. The summed E-state index contributed by atoms with van der Waals surface area (Å²) in [5.74, 6) is 0. The van der Waals surface area contributed by atoms with Gasteiger partial charge in [-0.25, -0.2) is 0 Å². The molecule has 0 heterocycles. The molecule has 0 fully saturated rings. The molecule has 1 nitrogen and oxygen atoms in total. The van der Waals surface area contributed by atoms with Gasteiger partial charge in [0.25, 0.3) is 0 Å². The van der Waals surface area contributed by atoms with Crippen molar-refractivity contribution in [1.82, 2.24) is 0 Å². The van der Waals surface area contributed by atoms with Gasteiger partial charge in [0.2, 0.25) is 0 Å². The Morgan fingerprint density at radius 2 is 1.87 bits per heavy atom. The first-order valence-corrected chi connectivity index (χ1v) is 5.50. The molecule has 1 aliphatic rings. The van der Waals surface area contributed by atoms with Crippen molar-refractivity contribution in [3.63, 3.8) is 0 Å². The molecule has 0 saturated heterocycles. The number of hydrogen-bond acceptors (Lipinski definition) is 1. The first kappa shape index (κ1) is 10.6. The van der Waals surface area contributed by atoms with Gasteiger partial charge in [-0.2, -0.15) is 0 Å². The number of anilines is 1. The molecule has 1 N–H and O–H groups in total. The van der Waals surface area contributed by atoms with Crippen LogP contribution in [-0.4, -0.2) is 4.33 Å². The van der Waals surface area contributed by atoms with E-state index in [1.807, 2.05) is 42.5 Å². The minimum Gasteiger partial charge on any atom is -0.359 e. The second-order valence-corrected chi connectivity index (χ2v) is 5.02. The summed E-state index contributed by atoms with van der Waals surface area (Å²) in [6.45, 7) is 0. The molecule has 0 aliphatic heterocycles. The van der Waals surface area contributed by atoms with Crippen LogP contribution in [0, 0.1) is 0 Å². The van der Waals surface area contributed by atoms with Gasteiger partial charge in [0.05, 0.1) is 0 Å². The predicted molar refractivity (Wildman–Crippen MR) is 66.3 cm³/mol. The molecule has 1 aromatic rings. The van der Waals surface area contributed by atoms with Gasteiger partial charge < -0.3 is 5.32 Å². The van der Waals surface area contributed by atoms with Gasteiger partial charge in [0.15, 0.2) is 0 Å². The van der Waals surface area contributed by atoms with Crippen molar-refractivity contribution in [1.29, 1.82) is 0 Å². The number of benzene rings is 1. The molecule has 0 radical (unpaired) electrons. The third-order valence-corrected chi connectivity index (χ3v) is 2.66. The van der Waals surface area contributed by atoms with Crippen molar-refractivity contribution in [2.45, 2.75) is 10.8 Å². The number of para-hydroxylation sites is 1. The maximum atomic E-state index is 6.03. The fourth-order valence-electron chi connectivity index (χ4n) is 1.47. The maximum Gasteiger partial charge on any atom is 0.142 e. The Hall–Kier alpha value is -0.920. The van der Waals surface area contributed by atoms with Gasteiger partial charge in [0, 0.05) is 17.8 Å². The molecule has 0 spiro atoms. The van der Waals surface area contributed by atoms with Gasteiger partial charge in [-0.05, 0) is 24.3 Å². The average molecular weight is 240 g/mol. The number of nitrogens with one attached hydrogen (secondary N) is 1. The summed E-state index contributed by atoms with van der Waals surface area (Å²) in [5.41, 5.74) is 2.07. The molecule has 0 aromatic heterocycles. The summed E-state index contributed by atoms with van der Waals surface area (Å²) in [5, 5.41) is 3.28. The van der Waals surface area contributed by atoms with Gasteiger partial charge in [-0.15, -0.1) is 0 Å². The molecule has 0 unspecified atom stereocenters. The summed E-state index contributed by atoms with van der Waals surface area (Å²) < 4.78 is -0.786. The van der Waals surface area contributed by atoms with Gasteiger partial charge in [-0.3, -0.25) is 0 Å². The Morgan fingerprint density at radius 1 is 1.13 bits per heavy atom. The topological polar surface area (TPSA) is 12.0 Å². The number of allylic oxidation sites excluding steroid dienone is 4. The largest absolute Gasteiger partial charge is 0.359 e. The Bertz CT molecular complexity index is 393. The molecule has 15 heavy (non-hydrogen) atoms. The molecular weight excluding hydrogens is 229 g/mol. The lowest BCUT2D eigenvalue weighted by Gasteiger charge is -2.21. The molecule has 0 amide bonds. The van der Waals surface area contributed by atoms with E-state index in [1.165, 1.54) is 0 Å². The van der Waals surface area contributed by atoms with Crippen molar-refractivity contribution in [2.75, 3.05) is 5.32 Å². The summed E-state index contributed by atoms with van der Waals surface area (Å²) in [6.07, 6.45) is 6.23. The molecule has 1 aliphatic carbocycles. The smallest absolute Gasteiger partial charge is 0.142 e. The fraction of sp³-hybridized carbons (Fsp3) is 0.167. The van der Waals surface area contributed by atoms with Crippen LogP contribution in [0.4, 0.5) is 5.69 Å². The van der Waals surface area contributed by atoms with Crippen molar-refractivity contribution < 1.29 is 0 Å². The van der Waals surface area contributed by atoms with E-state index in [0.717, 1.165) is 11.4 Å². The van der Waals surface area contributed by atoms with Crippen LogP contribution in [0.1, 0.15) is 6.42 Å². The highest BCUT2D eigenvalue weighted by atomic mass is 35.5. The van der Waals surface area contributed by atoms with Crippen LogP contribution in [0.2, 0.25) is 0 Å². The van der Waals surface area contributed by atoms with Crippen LogP contribution >= 0.6 is 23.2 Å². The van der Waals surface area contributed by atoms with Gasteiger partial charge in [-0.1, -0.05) is 47.5 Å². The fourth-order valence-corrected chi connectivity index (χ4v) is 1.90. The maximum absolute atomic E-state index is 6.03. The summed E-state index contributed by atoms with van der Waals surface area (Å²) in [4.78, 5) is 0. The van der Waals surface area contributed by atoms with E-state index in [1.54, 1.807) is 6.08 Å². The Morgan fingerprint density at radius 3 is 2.53 bits per heavy atom. The lowest BCUT2D eigenvalue weighted by atomic mass is 10.1. The van der Waals surface area contributed by atoms with E-state index in [-0.39, 0.29) is 0 Å². The SMILES string of the molecule is ClC1(Cl)C=CC=C(Nc2ccccc2)C1. The Kier molecular flexibility index (Phi) is 3.03. The van der Waals surface area contributed by atoms with Crippen molar-refractivity contribution in [2.24, 2.45) is 0 Å². The van der Waals surface area contributed by atoms with E-state index in [9.17, 15) is 0 Å². The quantitative estimate of drug-likeness (QED) is 0.767. The monoisotopic (exact) mass is 239 g/mol. The third kappa shape index (κ3) is 3.01. The normalized spacial score (nSPS) is 18.4. The highest BCUT2D eigenvalue weighted by Gasteiger charge is 2.23. The Labute approximate surface area is 99.4 Å². The van der Waals surface area contributed by atoms with Crippen LogP contribution in [0.25, 0.3) is 0 Å². The van der Waals surface area contributed by atoms with E-state index < -0.39 is 4.33 Å². The third-order valence-electron chi connectivity index (χ3n) is 2.14. The van der Waals surface area contributed by atoms with Crippen molar-refractivity contribution in [3.05, 3.63) is 54.3 Å². The minimum atomic E-state index is -0.786. The van der Waals surface area contributed by atoms with E-state index >= 15 is 0 Å². The molecular formula is C12H11Cl2N. The zero-order valence-corrected chi connectivity index (χ0v) is 9.59. The highest BCUT2D eigenvalue weighted by molar-refractivity contribution is 6.50. The summed E-state index contributed by atoms with van der Waals surface area (Å²) in [6, 6.07) is 9.95. The average Bonchev–Trinajstić information content (AvgIpc) is 2.17. The first-order chi connectivity index (χ1) is 7.16. The second-order valence-electron chi connectivity index (χ2n) is 3.48. The standard InChI is InChI=1S/C12H11Cl2N/c13-12(14)8-4-7-11(9-12)15-10-5-2-1-3-6-10/h1-8,15H,9H2. The molecule has 0 bridgehead atoms. The van der Waals surface area contributed by atoms with Crippen LogP contribution in [0.15, 0.2) is 54.3 Å². The Balaban J connectivity index is 2.08. The van der Waals surface area contributed by atoms with Gasteiger partial charge in [0.1, 0.15) is 4.33 Å². The van der Waals surface area contributed by atoms with Gasteiger partial charge >= 0.3 is 0 Å². The van der Waals surface area contributed by atoms with E-state index in [2.05, 4.69) is 5.32 Å². The summed E-state index contributed by atoms with van der Waals surface area (Å²) >= 11 is 12.1. The van der Waals surface area contributed by atoms with Crippen LogP contribution in [0.3, 0.4) is 0 Å². The number of hydrogen-bond donors (Lipinski definition) is 1. The molecule has 1 aromatic carbocycles. The molecule has 0 saturated carbocycles. The van der Waals surface area contributed by atoms with Crippen LogP contribution < -0.4 is 5.32 Å². The molecule has 3 heteroatoms. The van der Waals surface area contributed by atoms with Crippen LogP contribution in [0.5, 0.6) is 0 Å². The number of halogens is 2. The number of alkyl halides is 2.